The molecule has 2 rings (SSSR count). The summed E-state index contributed by atoms with van der Waals surface area (Å²) in [5, 5.41) is 25.7. The summed E-state index contributed by atoms with van der Waals surface area (Å²) in [6.45, 7) is 1.89. The zero-order valence-electron chi connectivity index (χ0n) is 12.3. The van der Waals surface area contributed by atoms with E-state index in [2.05, 4.69) is 10.2 Å². The van der Waals surface area contributed by atoms with Crippen LogP contribution in [0.15, 0.2) is 58.8 Å². The lowest BCUT2D eigenvalue weighted by Crippen LogP contribution is -2.16. The van der Waals surface area contributed by atoms with Gasteiger partial charge in [0.25, 0.3) is 0 Å². The lowest BCUT2D eigenvalue weighted by atomic mass is 10.0. The molecule has 2 aromatic carbocycles. The molecule has 0 aliphatic rings. The Morgan fingerprint density at radius 3 is 2.39 bits per heavy atom. The molecular weight excluding hydrogens is 294 g/mol. The van der Waals surface area contributed by atoms with Gasteiger partial charge in [-0.3, -0.25) is 4.79 Å². The van der Waals surface area contributed by atoms with Gasteiger partial charge in [0.05, 0.1) is 17.3 Å². The van der Waals surface area contributed by atoms with Crippen molar-refractivity contribution in [1.29, 1.82) is 5.26 Å². The normalized spacial score (nSPS) is 11.8. The summed E-state index contributed by atoms with van der Waals surface area (Å²) in [7, 11) is 0. The summed E-state index contributed by atoms with van der Waals surface area (Å²) < 4.78 is 0. The Hall–Kier alpha value is -3.33. The van der Waals surface area contributed by atoms with E-state index in [1.165, 1.54) is 12.1 Å². The maximum atomic E-state index is 12.2. The van der Waals surface area contributed by atoms with E-state index in [0.717, 1.165) is 5.56 Å². The smallest absolute Gasteiger partial charge is 0.337 e. The third-order valence-electron chi connectivity index (χ3n) is 3.12. The van der Waals surface area contributed by atoms with Crippen LogP contribution in [0.5, 0.6) is 0 Å². The molecule has 23 heavy (non-hydrogen) atoms. The number of hydrogen-bond donors (Lipinski definition) is 1. The molecular formula is C17H13N3O3. The van der Waals surface area contributed by atoms with E-state index in [0.29, 0.717) is 5.56 Å². The van der Waals surface area contributed by atoms with Crippen LogP contribution in [0.1, 0.15) is 26.3 Å². The Balaban J connectivity index is 2.26. The standard InChI is InChI=1S/C17H13N3O3/c1-11-6-8-12(9-7-11)16(21)15(10-18)20-19-14-5-3-2-4-13(14)17(22)23/h2-9,15H,1H3,(H,22,23)/t15-/m0/s1. The van der Waals surface area contributed by atoms with Crippen molar-refractivity contribution in [2.45, 2.75) is 13.0 Å². The second kappa shape index (κ2) is 7.09. The van der Waals surface area contributed by atoms with Crippen molar-refractivity contribution in [1.82, 2.24) is 0 Å². The number of hydrogen-bond acceptors (Lipinski definition) is 5. The van der Waals surface area contributed by atoms with Gasteiger partial charge in [0.15, 0.2) is 0 Å². The second-order valence-electron chi connectivity index (χ2n) is 4.80. The van der Waals surface area contributed by atoms with Gasteiger partial charge in [-0.15, -0.1) is 0 Å². The number of benzene rings is 2. The molecule has 0 bridgehead atoms. The van der Waals surface area contributed by atoms with E-state index >= 15 is 0 Å². The van der Waals surface area contributed by atoms with Gasteiger partial charge in [-0.1, -0.05) is 42.0 Å². The highest BCUT2D eigenvalue weighted by atomic mass is 16.4. The van der Waals surface area contributed by atoms with Crippen molar-refractivity contribution in [2.75, 3.05) is 0 Å². The molecule has 0 aromatic heterocycles. The van der Waals surface area contributed by atoms with Crippen LogP contribution in [0.4, 0.5) is 5.69 Å². The topological polar surface area (TPSA) is 103 Å². The molecule has 0 saturated carbocycles. The number of nitrogens with zero attached hydrogens (tertiary/aromatic N) is 3. The van der Waals surface area contributed by atoms with Crippen LogP contribution in [-0.4, -0.2) is 22.9 Å². The minimum Gasteiger partial charge on any atom is -0.478 e. The van der Waals surface area contributed by atoms with Crippen LogP contribution < -0.4 is 0 Å². The molecule has 0 fully saturated rings. The maximum absolute atomic E-state index is 12.2. The Kier molecular flexibility index (Phi) is 4.95. The van der Waals surface area contributed by atoms with E-state index in [4.69, 9.17) is 10.4 Å². The van der Waals surface area contributed by atoms with Crippen molar-refractivity contribution < 1.29 is 14.7 Å². The zero-order valence-corrected chi connectivity index (χ0v) is 12.3. The summed E-state index contributed by atoms with van der Waals surface area (Å²) in [6, 6.07) is 13.2. The number of carbonyl (C=O) groups is 2. The first-order valence-electron chi connectivity index (χ1n) is 6.76. The number of carboxylic acids is 1. The van der Waals surface area contributed by atoms with Crippen molar-refractivity contribution in [3.63, 3.8) is 0 Å². The predicted molar refractivity (Wildman–Crippen MR) is 82.8 cm³/mol. The highest BCUT2D eigenvalue weighted by Gasteiger charge is 2.19. The molecule has 0 unspecified atom stereocenters. The SMILES string of the molecule is Cc1ccc(C(=O)[C@H](C#N)N=Nc2ccccc2C(=O)O)cc1. The second-order valence-corrected chi connectivity index (χ2v) is 4.80. The Labute approximate surface area is 132 Å². The van der Waals surface area contributed by atoms with E-state index in [1.807, 2.05) is 6.92 Å². The quantitative estimate of drug-likeness (QED) is 0.673. The number of aryl methyl sites for hydroxylation is 1. The zero-order chi connectivity index (χ0) is 16.8. The van der Waals surface area contributed by atoms with Crippen LogP contribution in [0.3, 0.4) is 0 Å². The average Bonchev–Trinajstić information content (AvgIpc) is 2.56. The Morgan fingerprint density at radius 1 is 1.13 bits per heavy atom. The lowest BCUT2D eigenvalue weighted by molar-refractivity contribution is 0.0697. The fraction of sp³-hybridized carbons (Fsp3) is 0.118. The van der Waals surface area contributed by atoms with Crippen molar-refractivity contribution >= 4 is 17.4 Å². The number of rotatable bonds is 5. The van der Waals surface area contributed by atoms with Crippen LogP contribution in [0.2, 0.25) is 0 Å². The van der Waals surface area contributed by atoms with Crippen LogP contribution in [-0.2, 0) is 0 Å². The number of Topliss-reactive ketones (excluding diaryl/α,β-unsaturated/α-hetero) is 1. The van der Waals surface area contributed by atoms with Crippen molar-refractivity contribution in [3.05, 3.63) is 65.2 Å². The maximum Gasteiger partial charge on any atom is 0.337 e. The number of aromatic carboxylic acids is 1. The van der Waals surface area contributed by atoms with Gasteiger partial charge in [-0.2, -0.15) is 15.5 Å². The summed E-state index contributed by atoms with van der Waals surface area (Å²) in [5.41, 5.74) is 1.40. The molecule has 2 aromatic rings. The van der Waals surface area contributed by atoms with Crippen molar-refractivity contribution in [3.8, 4) is 6.07 Å². The van der Waals surface area contributed by atoms with Crippen LogP contribution >= 0.6 is 0 Å². The summed E-state index contributed by atoms with van der Waals surface area (Å²) >= 11 is 0. The highest BCUT2D eigenvalue weighted by molar-refractivity contribution is 6.02. The first kappa shape index (κ1) is 16.0. The molecule has 0 aliphatic heterocycles. The number of azo groups is 1. The average molecular weight is 307 g/mol. The predicted octanol–water partition coefficient (Wildman–Crippen LogP) is 3.55. The fourth-order valence-corrected chi connectivity index (χ4v) is 1.87. The summed E-state index contributed by atoms with van der Waals surface area (Å²) in [4.78, 5) is 23.3. The van der Waals surface area contributed by atoms with E-state index < -0.39 is 17.8 Å². The molecule has 0 spiro atoms. The highest BCUT2D eigenvalue weighted by Crippen LogP contribution is 2.20. The fourth-order valence-electron chi connectivity index (χ4n) is 1.87. The number of carbonyl (C=O) groups excluding carboxylic acids is 1. The monoisotopic (exact) mass is 307 g/mol. The molecule has 6 heteroatoms. The largest absolute Gasteiger partial charge is 0.478 e. The third-order valence-corrected chi connectivity index (χ3v) is 3.12. The molecule has 0 radical (unpaired) electrons. The van der Waals surface area contributed by atoms with E-state index in [1.54, 1.807) is 42.5 Å². The Bertz CT molecular complexity index is 805. The van der Waals surface area contributed by atoms with Gasteiger partial charge < -0.3 is 5.11 Å². The minimum absolute atomic E-state index is 0.0456. The third kappa shape index (κ3) is 3.86. The summed E-state index contributed by atoms with van der Waals surface area (Å²) in [5.74, 6) is -1.64. The van der Waals surface area contributed by atoms with Gasteiger partial charge >= 0.3 is 5.97 Å². The number of nitriles is 1. The van der Waals surface area contributed by atoms with E-state index in [-0.39, 0.29) is 11.3 Å². The minimum atomic E-state index is -1.32. The first-order chi connectivity index (χ1) is 11.0. The molecule has 1 atom stereocenters. The van der Waals surface area contributed by atoms with Gasteiger partial charge in [0.1, 0.15) is 0 Å². The van der Waals surface area contributed by atoms with Crippen LogP contribution in [0.25, 0.3) is 0 Å². The molecule has 0 saturated heterocycles. The van der Waals surface area contributed by atoms with Gasteiger partial charge in [-0.05, 0) is 19.1 Å². The van der Waals surface area contributed by atoms with Crippen LogP contribution in [0, 0.1) is 18.3 Å². The molecule has 1 N–H and O–H groups in total. The lowest BCUT2D eigenvalue weighted by Gasteiger charge is -2.03. The summed E-state index contributed by atoms with van der Waals surface area (Å²) in [6.07, 6.45) is 0. The molecule has 6 nitrogen and oxygen atoms in total. The molecule has 0 amide bonds. The van der Waals surface area contributed by atoms with E-state index in [9.17, 15) is 9.59 Å². The van der Waals surface area contributed by atoms with Gasteiger partial charge in [0.2, 0.25) is 11.8 Å². The first-order valence-corrected chi connectivity index (χ1v) is 6.76. The number of ketones is 1. The molecule has 114 valence electrons. The number of carboxylic acid groups (broad SMARTS) is 1. The Morgan fingerprint density at radius 2 is 1.78 bits per heavy atom. The van der Waals surface area contributed by atoms with Gasteiger partial charge in [-0.25, -0.2) is 4.79 Å². The molecule has 0 aliphatic carbocycles. The van der Waals surface area contributed by atoms with Gasteiger partial charge in [0, 0.05) is 5.56 Å². The molecule has 0 heterocycles. The van der Waals surface area contributed by atoms with Crippen molar-refractivity contribution in [2.24, 2.45) is 10.2 Å².